The van der Waals surface area contributed by atoms with Crippen LogP contribution in [0.4, 0.5) is 5.69 Å². The summed E-state index contributed by atoms with van der Waals surface area (Å²) >= 11 is 0. The van der Waals surface area contributed by atoms with Gasteiger partial charge in [0.2, 0.25) is 21.8 Å². The first-order valence-corrected chi connectivity index (χ1v) is 13.6. The van der Waals surface area contributed by atoms with Gasteiger partial charge in [0, 0.05) is 18.7 Å². The third-order valence-electron chi connectivity index (χ3n) is 5.67. The van der Waals surface area contributed by atoms with Crippen LogP contribution in [-0.4, -0.2) is 63.4 Å². The maximum absolute atomic E-state index is 13.6. The predicted molar refractivity (Wildman–Crippen MR) is 140 cm³/mol. The quantitative estimate of drug-likeness (QED) is 0.409. The van der Waals surface area contributed by atoms with Crippen molar-refractivity contribution < 1.29 is 27.5 Å². The number of nitrogens with one attached hydrogen (secondary N) is 1. The third kappa shape index (κ3) is 7.81. The molecular formula is C26H35N3O6S. The van der Waals surface area contributed by atoms with Gasteiger partial charge in [-0.15, -0.1) is 0 Å². The summed E-state index contributed by atoms with van der Waals surface area (Å²) in [7, 11) is -2.33. The highest BCUT2D eigenvalue weighted by Gasteiger charge is 2.31. The Bertz CT molecular complexity index is 1160. The summed E-state index contributed by atoms with van der Waals surface area (Å²) in [6, 6.07) is 12.4. The summed E-state index contributed by atoms with van der Waals surface area (Å²) in [6.07, 6.45) is 2.08. The van der Waals surface area contributed by atoms with Crippen molar-refractivity contribution in [2.45, 2.75) is 46.2 Å². The fourth-order valence-corrected chi connectivity index (χ4v) is 4.55. The van der Waals surface area contributed by atoms with Crippen LogP contribution in [0.2, 0.25) is 0 Å². The molecule has 2 amide bonds. The van der Waals surface area contributed by atoms with Crippen molar-refractivity contribution in [1.82, 2.24) is 10.2 Å². The van der Waals surface area contributed by atoms with Gasteiger partial charge in [0.05, 0.1) is 19.1 Å². The van der Waals surface area contributed by atoms with Gasteiger partial charge in [-0.2, -0.15) is 0 Å². The minimum Gasteiger partial charge on any atom is -0.497 e. The van der Waals surface area contributed by atoms with Crippen molar-refractivity contribution in [3.8, 4) is 5.75 Å². The summed E-state index contributed by atoms with van der Waals surface area (Å²) in [4.78, 5) is 39.8. The SMILES string of the molecule is CCCNC(=O)C(CC)N(Cc1ccc(OC)cc1)C(=O)CN(c1cccc(C(C)=O)c1)S(C)(=O)=O. The largest absolute Gasteiger partial charge is 0.497 e. The summed E-state index contributed by atoms with van der Waals surface area (Å²) in [5.41, 5.74) is 1.29. The Balaban J connectivity index is 2.45. The lowest BCUT2D eigenvalue weighted by Crippen LogP contribution is -2.52. The Morgan fingerprint density at radius 3 is 2.25 bits per heavy atom. The Morgan fingerprint density at radius 2 is 1.72 bits per heavy atom. The van der Waals surface area contributed by atoms with Crippen LogP contribution in [0.25, 0.3) is 0 Å². The molecule has 0 radical (unpaired) electrons. The highest BCUT2D eigenvalue weighted by molar-refractivity contribution is 7.92. The van der Waals surface area contributed by atoms with E-state index in [1.807, 2.05) is 6.92 Å². The number of amides is 2. The number of rotatable bonds is 13. The van der Waals surface area contributed by atoms with E-state index in [-0.39, 0.29) is 23.9 Å². The van der Waals surface area contributed by atoms with Gasteiger partial charge in [-0.05, 0) is 49.6 Å². The topological polar surface area (TPSA) is 113 Å². The van der Waals surface area contributed by atoms with Gasteiger partial charge in [0.1, 0.15) is 18.3 Å². The van der Waals surface area contributed by atoms with Crippen LogP contribution >= 0.6 is 0 Å². The lowest BCUT2D eigenvalue weighted by Gasteiger charge is -2.33. The van der Waals surface area contributed by atoms with Gasteiger partial charge in [0.15, 0.2) is 5.78 Å². The van der Waals surface area contributed by atoms with Gasteiger partial charge >= 0.3 is 0 Å². The zero-order chi connectivity index (χ0) is 26.9. The average molecular weight is 518 g/mol. The number of ketones is 1. The van der Waals surface area contributed by atoms with Crippen molar-refractivity contribution in [3.05, 3.63) is 59.7 Å². The second-order valence-corrected chi connectivity index (χ2v) is 10.4. The smallest absolute Gasteiger partial charge is 0.244 e. The molecule has 0 aliphatic rings. The highest BCUT2D eigenvalue weighted by atomic mass is 32.2. The van der Waals surface area contributed by atoms with E-state index in [2.05, 4.69) is 5.32 Å². The average Bonchev–Trinajstić information content (AvgIpc) is 2.85. The van der Waals surface area contributed by atoms with Gasteiger partial charge in [-0.25, -0.2) is 8.42 Å². The molecule has 1 unspecified atom stereocenters. The second-order valence-electron chi connectivity index (χ2n) is 8.46. The molecule has 0 saturated heterocycles. The molecule has 0 aromatic heterocycles. The van der Waals surface area contributed by atoms with Gasteiger partial charge in [-0.3, -0.25) is 18.7 Å². The summed E-state index contributed by atoms with van der Waals surface area (Å²) in [5.74, 6) is -0.414. The van der Waals surface area contributed by atoms with Crippen molar-refractivity contribution in [3.63, 3.8) is 0 Å². The molecule has 0 saturated carbocycles. The lowest BCUT2D eigenvalue weighted by atomic mass is 10.1. The molecule has 196 valence electrons. The van der Waals surface area contributed by atoms with E-state index in [1.165, 1.54) is 24.0 Å². The van der Waals surface area contributed by atoms with E-state index in [0.29, 0.717) is 24.3 Å². The summed E-state index contributed by atoms with van der Waals surface area (Å²) < 4.78 is 31.5. The number of anilines is 1. The zero-order valence-corrected chi connectivity index (χ0v) is 22.3. The number of sulfonamides is 1. The summed E-state index contributed by atoms with van der Waals surface area (Å²) in [5, 5.41) is 2.84. The normalized spacial score (nSPS) is 11.9. The van der Waals surface area contributed by atoms with Crippen LogP contribution in [0.1, 0.15) is 49.5 Å². The second kappa shape index (κ2) is 13.1. The molecule has 36 heavy (non-hydrogen) atoms. The first-order chi connectivity index (χ1) is 17.0. The number of hydrogen-bond donors (Lipinski definition) is 1. The number of benzene rings is 2. The maximum atomic E-state index is 13.6. The number of hydrogen-bond acceptors (Lipinski definition) is 6. The van der Waals surface area contributed by atoms with E-state index in [1.54, 1.807) is 50.4 Å². The minimum atomic E-state index is -3.88. The molecule has 2 aromatic rings. The molecule has 0 aliphatic carbocycles. The fourth-order valence-electron chi connectivity index (χ4n) is 3.71. The first-order valence-electron chi connectivity index (χ1n) is 11.8. The Hall–Kier alpha value is -3.40. The van der Waals surface area contributed by atoms with Crippen molar-refractivity contribution in [1.29, 1.82) is 0 Å². The zero-order valence-electron chi connectivity index (χ0n) is 21.5. The Labute approximate surface area is 213 Å². The van der Waals surface area contributed by atoms with Crippen molar-refractivity contribution in [2.24, 2.45) is 0 Å². The van der Waals surface area contributed by atoms with Crippen LogP contribution in [0, 0.1) is 0 Å². The molecule has 10 heteroatoms. The van der Waals surface area contributed by atoms with E-state index in [0.717, 1.165) is 22.5 Å². The van der Waals surface area contributed by atoms with Gasteiger partial charge in [0.25, 0.3) is 0 Å². The molecule has 0 spiro atoms. The van der Waals surface area contributed by atoms with E-state index in [4.69, 9.17) is 4.74 Å². The van der Waals surface area contributed by atoms with Crippen LogP contribution in [-0.2, 0) is 26.2 Å². The standard InChI is InChI=1S/C26H35N3O6S/c1-6-15-27-26(32)24(7-2)28(17-20-11-13-23(35-4)14-12-20)25(31)18-29(36(5,33)34)22-10-8-9-21(16-22)19(3)30/h8-14,16,24H,6-7,15,17-18H2,1-5H3,(H,27,32). The van der Waals surface area contributed by atoms with Crippen LogP contribution in [0.5, 0.6) is 5.75 Å². The molecule has 9 nitrogen and oxygen atoms in total. The van der Waals surface area contributed by atoms with E-state index in [9.17, 15) is 22.8 Å². The third-order valence-corrected chi connectivity index (χ3v) is 6.81. The maximum Gasteiger partial charge on any atom is 0.244 e. The van der Waals surface area contributed by atoms with Crippen molar-refractivity contribution in [2.75, 3.05) is 30.8 Å². The first kappa shape index (κ1) is 28.8. The number of carbonyl (C=O) groups is 3. The number of Topliss-reactive ketones (excluding diaryl/α,β-unsaturated/α-hetero) is 1. The number of ether oxygens (including phenoxy) is 1. The molecular weight excluding hydrogens is 482 g/mol. The number of nitrogens with zero attached hydrogens (tertiary/aromatic N) is 2. The lowest BCUT2D eigenvalue weighted by molar-refractivity contribution is -0.140. The molecule has 2 rings (SSSR count). The monoisotopic (exact) mass is 517 g/mol. The predicted octanol–water partition coefficient (Wildman–Crippen LogP) is 3.00. The fraction of sp³-hybridized carbons (Fsp3) is 0.423. The van der Waals surface area contributed by atoms with Crippen LogP contribution < -0.4 is 14.4 Å². The summed E-state index contributed by atoms with van der Waals surface area (Å²) in [6.45, 7) is 5.16. The van der Waals surface area contributed by atoms with E-state index < -0.39 is 28.5 Å². The molecule has 1 atom stereocenters. The van der Waals surface area contributed by atoms with Crippen LogP contribution in [0.15, 0.2) is 48.5 Å². The number of methoxy groups -OCH3 is 1. The highest BCUT2D eigenvalue weighted by Crippen LogP contribution is 2.22. The molecule has 1 N–H and O–H groups in total. The Kier molecular flexibility index (Phi) is 10.5. The van der Waals surface area contributed by atoms with E-state index >= 15 is 0 Å². The molecule has 0 heterocycles. The molecule has 2 aromatic carbocycles. The molecule has 0 fully saturated rings. The van der Waals surface area contributed by atoms with Gasteiger partial charge < -0.3 is 15.0 Å². The molecule has 0 bridgehead atoms. The van der Waals surface area contributed by atoms with Crippen LogP contribution in [0.3, 0.4) is 0 Å². The minimum absolute atomic E-state index is 0.103. The van der Waals surface area contributed by atoms with Gasteiger partial charge in [-0.1, -0.05) is 38.1 Å². The Morgan fingerprint density at radius 1 is 1.06 bits per heavy atom. The van der Waals surface area contributed by atoms with Crippen molar-refractivity contribution >= 4 is 33.3 Å². The molecule has 0 aliphatic heterocycles. The number of carbonyl (C=O) groups excluding carboxylic acids is 3.